The van der Waals surface area contributed by atoms with Crippen molar-refractivity contribution in [1.29, 1.82) is 0 Å². The van der Waals surface area contributed by atoms with Gasteiger partial charge < -0.3 is 25.2 Å². The van der Waals surface area contributed by atoms with Crippen LogP contribution in [0.4, 0.5) is 44.8 Å². The Labute approximate surface area is 322 Å². The van der Waals surface area contributed by atoms with Crippen molar-refractivity contribution < 1.29 is 41.1 Å². The molecule has 0 saturated carbocycles. The number of fused-ring (bicyclic) bond motifs is 3. The maximum atomic E-state index is 14.7. The highest BCUT2D eigenvalue weighted by atomic mass is 32.1. The molecule has 3 aliphatic heterocycles. The lowest BCUT2D eigenvalue weighted by atomic mass is 9.73. The molecule has 3 aliphatic rings. The SMILES string of the molecule is Cc1cnc(N2CC3(CCOCC3)C2)c(C(=O)Nc2ccc(C(=O)N3CCc4cc(C(=O)Nc5c(F)cccc5C(F)(F)F)sc4-c4ccc(F)cc43)cc2)c1. The fraction of sp³-hybridized carbons (Fsp3) is 0.268. The molecule has 0 unspecified atom stereocenters. The van der Waals surface area contributed by atoms with Crippen LogP contribution in [0.25, 0.3) is 10.4 Å². The number of nitrogens with zero attached hydrogens (tertiary/aromatic N) is 3. The summed E-state index contributed by atoms with van der Waals surface area (Å²) in [6, 6.07) is 16.0. The van der Waals surface area contributed by atoms with Crippen molar-refractivity contribution in [3.63, 3.8) is 0 Å². The first-order valence-corrected chi connectivity index (χ1v) is 18.7. The normalized spacial score (nSPS) is 16.0. The number of carbonyl (C=O) groups is 3. The molecule has 5 heterocycles. The van der Waals surface area contributed by atoms with Crippen molar-refractivity contribution in [2.24, 2.45) is 5.41 Å². The number of carbonyl (C=O) groups excluding carboxylic acids is 3. The van der Waals surface area contributed by atoms with Crippen molar-refractivity contribution in [2.45, 2.75) is 32.4 Å². The third-order valence-corrected chi connectivity index (χ3v) is 11.7. The number of alkyl halides is 3. The van der Waals surface area contributed by atoms with Crippen molar-refractivity contribution in [3.8, 4) is 10.4 Å². The van der Waals surface area contributed by atoms with E-state index >= 15 is 0 Å². The van der Waals surface area contributed by atoms with E-state index in [0.29, 0.717) is 39.1 Å². The van der Waals surface area contributed by atoms with Gasteiger partial charge in [0.2, 0.25) is 0 Å². The number of para-hydroxylation sites is 1. The van der Waals surface area contributed by atoms with E-state index in [1.165, 1.54) is 29.2 Å². The number of ether oxygens (including phenoxy) is 1. The number of aromatic nitrogens is 1. The number of aryl methyl sites for hydroxylation is 1. The van der Waals surface area contributed by atoms with Gasteiger partial charge in [-0.05, 0) is 104 Å². The average Bonchev–Trinajstić information content (AvgIpc) is 3.53. The summed E-state index contributed by atoms with van der Waals surface area (Å²) >= 11 is 0.944. The van der Waals surface area contributed by atoms with Gasteiger partial charge in [0.05, 0.1) is 27.4 Å². The zero-order valence-electron chi connectivity index (χ0n) is 29.9. The molecular weight excluding hydrogens is 754 g/mol. The summed E-state index contributed by atoms with van der Waals surface area (Å²) in [6.07, 6.45) is -0.985. The lowest BCUT2D eigenvalue weighted by molar-refractivity contribution is -0.137. The molecule has 1 spiro atoms. The van der Waals surface area contributed by atoms with E-state index in [1.54, 1.807) is 30.5 Å². The third kappa shape index (κ3) is 7.12. The minimum absolute atomic E-state index is 0.0146. The van der Waals surface area contributed by atoms with Crippen molar-refractivity contribution >= 4 is 51.9 Å². The van der Waals surface area contributed by atoms with E-state index < -0.39 is 40.9 Å². The number of hydrogen-bond acceptors (Lipinski definition) is 7. The summed E-state index contributed by atoms with van der Waals surface area (Å²) in [4.78, 5) is 49.5. The van der Waals surface area contributed by atoms with Crippen LogP contribution < -0.4 is 20.4 Å². The highest BCUT2D eigenvalue weighted by molar-refractivity contribution is 7.17. The molecular formula is C41H34F5N5O4S. The second-order valence-electron chi connectivity index (χ2n) is 14.3. The Morgan fingerprint density at radius 3 is 2.39 bits per heavy atom. The number of halogens is 5. The van der Waals surface area contributed by atoms with Crippen LogP contribution in [0.2, 0.25) is 0 Å². The molecule has 288 valence electrons. The van der Waals surface area contributed by atoms with Crippen LogP contribution in [0.15, 0.2) is 79.0 Å². The number of hydrogen-bond donors (Lipinski definition) is 2. The average molecular weight is 788 g/mol. The van der Waals surface area contributed by atoms with Gasteiger partial charge in [-0.3, -0.25) is 14.4 Å². The quantitative estimate of drug-likeness (QED) is 0.167. The van der Waals surface area contributed by atoms with Gasteiger partial charge in [-0.2, -0.15) is 13.2 Å². The van der Waals surface area contributed by atoms with Gasteiger partial charge >= 0.3 is 6.18 Å². The van der Waals surface area contributed by atoms with Gasteiger partial charge in [0.1, 0.15) is 17.5 Å². The van der Waals surface area contributed by atoms with E-state index in [-0.39, 0.29) is 40.4 Å². The van der Waals surface area contributed by atoms with Crippen LogP contribution in [-0.4, -0.2) is 55.6 Å². The molecule has 2 saturated heterocycles. The number of rotatable bonds is 6. The van der Waals surface area contributed by atoms with Crippen LogP contribution in [-0.2, 0) is 17.3 Å². The fourth-order valence-corrected chi connectivity index (χ4v) is 8.71. The second kappa shape index (κ2) is 14.4. The highest BCUT2D eigenvalue weighted by Gasteiger charge is 2.45. The zero-order chi connectivity index (χ0) is 39.4. The smallest absolute Gasteiger partial charge is 0.381 e. The molecule has 2 aromatic heterocycles. The van der Waals surface area contributed by atoms with E-state index in [1.807, 2.05) is 13.0 Å². The summed E-state index contributed by atoms with van der Waals surface area (Å²) in [5, 5.41) is 5.00. The molecule has 3 aromatic carbocycles. The summed E-state index contributed by atoms with van der Waals surface area (Å²) < 4.78 is 75.5. The van der Waals surface area contributed by atoms with Gasteiger partial charge in [-0.15, -0.1) is 11.3 Å². The summed E-state index contributed by atoms with van der Waals surface area (Å²) in [5.41, 5.74) is 1.18. The molecule has 0 aliphatic carbocycles. The molecule has 2 N–H and O–H groups in total. The molecule has 56 heavy (non-hydrogen) atoms. The Kier molecular flexibility index (Phi) is 9.61. The Morgan fingerprint density at radius 1 is 0.911 bits per heavy atom. The number of thiophene rings is 1. The summed E-state index contributed by atoms with van der Waals surface area (Å²) in [7, 11) is 0. The van der Waals surface area contributed by atoms with Gasteiger partial charge in [-0.1, -0.05) is 6.07 Å². The van der Waals surface area contributed by atoms with Gasteiger partial charge in [0.25, 0.3) is 17.7 Å². The summed E-state index contributed by atoms with van der Waals surface area (Å²) in [6.45, 7) is 5.03. The van der Waals surface area contributed by atoms with Crippen molar-refractivity contribution in [3.05, 3.63) is 123 Å². The van der Waals surface area contributed by atoms with Crippen LogP contribution in [0.5, 0.6) is 0 Å². The van der Waals surface area contributed by atoms with Crippen LogP contribution in [0.3, 0.4) is 0 Å². The monoisotopic (exact) mass is 787 g/mol. The Bertz CT molecular complexity index is 2370. The van der Waals surface area contributed by atoms with Gasteiger partial charge in [0.15, 0.2) is 0 Å². The number of anilines is 4. The van der Waals surface area contributed by atoms with Crippen LogP contribution >= 0.6 is 11.3 Å². The molecule has 2 fully saturated rings. The molecule has 3 amide bonds. The van der Waals surface area contributed by atoms with Crippen LogP contribution in [0.1, 0.15) is 59.9 Å². The fourth-order valence-electron chi connectivity index (χ4n) is 7.57. The highest BCUT2D eigenvalue weighted by Crippen LogP contribution is 2.44. The lowest BCUT2D eigenvalue weighted by Crippen LogP contribution is -2.59. The minimum Gasteiger partial charge on any atom is -0.381 e. The maximum absolute atomic E-state index is 14.7. The number of benzene rings is 3. The third-order valence-electron chi connectivity index (χ3n) is 10.5. The first kappa shape index (κ1) is 37.3. The Morgan fingerprint density at radius 2 is 1.66 bits per heavy atom. The van der Waals surface area contributed by atoms with E-state index in [4.69, 9.17) is 4.74 Å². The number of pyridine rings is 1. The lowest BCUT2D eigenvalue weighted by Gasteiger charge is -2.53. The topological polar surface area (TPSA) is 104 Å². The molecule has 0 radical (unpaired) electrons. The molecule has 0 bridgehead atoms. The predicted octanol–water partition coefficient (Wildman–Crippen LogP) is 8.74. The predicted molar refractivity (Wildman–Crippen MR) is 203 cm³/mol. The zero-order valence-corrected chi connectivity index (χ0v) is 30.8. The molecule has 5 aromatic rings. The number of amides is 3. The molecule has 8 rings (SSSR count). The van der Waals surface area contributed by atoms with Crippen molar-refractivity contribution in [1.82, 2.24) is 4.98 Å². The van der Waals surface area contributed by atoms with Crippen molar-refractivity contribution in [2.75, 3.05) is 53.3 Å². The standard InChI is InChI=1S/C41H34F5N5O4S/c1-23-17-29(36(47-20-23)50-21-40(22-50)12-15-55-16-13-40)37(52)48-27-8-5-24(6-9-27)39(54)51-14-11-25-18-33(56-35(25)28-10-7-26(42)19-32(28)51)38(53)49-34-30(41(44,45)46)3-2-4-31(34)43/h2-10,17-20H,11-16,21-22H2,1H3,(H,48,52)(H,49,53). The second-order valence-corrected chi connectivity index (χ2v) is 15.4. The first-order valence-electron chi connectivity index (χ1n) is 17.9. The summed E-state index contributed by atoms with van der Waals surface area (Å²) in [5.74, 6) is -2.95. The van der Waals surface area contributed by atoms with Crippen LogP contribution in [0, 0.1) is 24.0 Å². The molecule has 15 heteroatoms. The Hall–Kier alpha value is -5.67. The van der Waals surface area contributed by atoms with E-state index in [0.717, 1.165) is 68.2 Å². The minimum atomic E-state index is -4.91. The molecule has 0 atom stereocenters. The van der Waals surface area contributed by atoms with E-state index in [9.17, 15) is 36.3 Å². The molecule has 9 nitrogen and oxygen atoms in total. The van der Waals surface area contributed by atoms with E-state index in [2.05, 4.69) is 20.5 Å². The number of nitrogens with one attached hydrogen (secondary N) is 2. The van der Waals surface area contributed by atoms with Gasteiger partial charge in [-0.25, -0.2) is 13.8 Å². The van der Waals surface area contributed by atoms with Gasteiger partial charge in [0, 0.05) is 66.2 Å². The maximum Gasteiger partial charge on any atom is 0.418 e. The largest absolute Gasteiger partial charge is 0.418 e. The first-order chi connectivity index (χ1) is 26.8. The Balaban J connectivity index is 0.994.